The molecule has 2 atom stereocenters. The van der Waals surface area contributed by atoms with E-state index in [4.69, 9.17) is 20.9 Å². The van der Waals surface area contributed by atoms with E-state index >= 15 is 0 Å². The van der Waals surface area contributed by atoms with Gasteiger partial charge in [-0.15, -0.1) is 0 Å². The Morgan fingerprint density at radius 2 is 2.04 bits per heavy atom. The van der Waals surface area contributed by atoms with E-state index in [0.717, 1.165) is 37.9 Å². The summed E-state index contributed by atoms with van der Waals surface area (Å²) in [5.74, 6) is 1.25. The van der Waals surface area contributed by atoms with Gasteiger partial charge in [-0.3, -0.25) is 9.69 Å². The Kier molecular flexibility index (Phi) is 4.24. The van der Waals surface area contributed by atoms with E-state index in [1.54, 1.807) is 12.1 Å². The largest absolute Gasteiger partial charge is 0.464 e. The van der Waals surface area contributed by atoms with Gasteiger partial charge in [0.05, 0.1) is 12.5 Å². The number of hydrogen-bond donors (Lipinski definition) is 0. The summed E-state index contributed by atoms with van der Waals surface area (Å²) in [4.78, 5) is 18.5. The first kappa shape index (κ1) is 15.6. The average molecular weight is 348 g/mol. The molecule has 2 aliphatic rings. The molecule has 1 aromatic heterocycles. The number of nitrogens with zero attached hydrogens (tertiary/aromatic N) is 3. The van der Waals surface area contributed by atoms with E-state index in [2.05, 4.69) is 15.0 Å². The monoisotopic (exact) mass is 347 g/mol. The number of carbonyl (C=O) groups excluding carboxylic acids is 1. The minimum atomic E-state index is -0.119. The van der Waals surface area contributed by atoms with Gasteiger partial charge in [-0.2, -0.15) is 4.98 Å². The maximum absolute atomic E-state index is 11.8. The van der Waals surface area contributed by atoms with Crippen molar-refractivity contribution in [2.24, 2.45) is 0 Å². The zero-order chi connectivity index (χ0) is 16.5. The zero-order valence-corrected chi connectivity index (χ0v) is 13.9. The molecular weight excluding hydrogens is 330 g/mol. The first-order valence-corrected chi connectivity index (χ1v) is 8.59. The Hall–Kier alpha value is -1.92. The van der Waals surface area contributed by atoms with E-state index in [0.29, 0.717) is 23.3 Å². The van der Waals surface area contributed by atoms with Gasteiger partial charge in [-0.05, 0) is 43.7 Å². The molecule has 6 nitrogen and oxygen atoms in total. The summed E-state index contributed by atoms with van der Waals surface area (Å²) in [7, 11) is 0. The minimum absolute atomic E-state index is 0.108. The fourth-order valence-electron chi connectivity index (χ4n) is 3.43. The molecule has 2 fully saturated rings. The van der Waals surface area contributed by atoms with Crippen molar-refractivity contribution in [3.8, 4) is 11.4 Å². The second-order valence-electron chi connectivity index (χ2n) is 6.27. The summed E-state index contributed by atoms with van der Waals surface area (Å²) in [6.07, 6.45) is 2.76. The van der Waals surface area contributed by atoms with Crippen LogP contribution < -0.4 is 0 Å². The van der Waals surface area contributed by atoms with E-state index in [1.807, 2.05) is 12.1 Å². The van der Waals surface area contributed by atoms with Gasteiger partial charge in [0.2, 0.25) is 11.7 Å². The van der Waals surface area contributed by atoms with Crippen molar-refractivity contribution in [1.29, 1.82) is 0 Å². The van der Waals surface area contributed by atoms with Crippen molar-refractivity contribution in [2.45, 2.75) is 31.2 Å². The summed E-state index contributed by atoms with van der Waals surface area (Å²) in [5.41, 5.74) is 0.876. The van der Waals surface area contributed by atoms with Crippen molar-refractivity contribution in [1.82, 2.24) is 15.0 Å². The normalized spacial score (nSPS) is 25.0. The molecule has 24 heavy (non-hydrogen) atoms. The average Bonchev–Trinajstić information content (AvgIpc) is 3.25. The molecule has 2 unspecified atom stereocenters. The third-order valence-electron chi connectivity index (χ3n) is 4.69. The van der Waals surface area contributed by atoms with E-state index in [-0.39, 0.29) is 17.9 Å². The lowest BCUT2D eigenvalue weighted by Crippen LogP contribution is -2.44. The fraction of sp³-hybridized carbons (Fsp3) is 0.471. The summed E-state index contributed by atoms with van der Waals surface area (Å²) in [6.45, 7) is 2.18. The number of piperidine rings is 1. The standard InChI is InChI=1S/C17H18ClN3O3/c18-13-5-3-11(4-6-13)15-19-16(24-20-15)12-2-1-8-21(10-12)14-7-9-23-17(14)22/h3-6,12,14H,1-2,7-10H2. The predicted molar refractivity (Wildman–Crippen MR) is 87.7 cm³/mol. The second-order valence-corrected chi connectivity index (χ2v) is 6.71. The second kappa shape index (κ2) is 6.53. The van der Waals surface area contributed by atoms with Crippen LogP contribution in [0.4, 0.5) is 0 Å². The number of halogens is 1. The molecule has 0 N–H and O–H groups in total. The van der Waals surface area contributed by atoms with Gasteiger partial charge in [0.25, 0.3) is 0 Å². The Labute approximate surface area is 144 Å². The number of aromatic nitrogens is 2. The molecule has 126 valence electrons. The van der Waals surface area contributed by atoms with Crippen LogP contribution in [-0.4, -0.2) is 46.7 Å². The first-order valence-electron chi connectivity index (χ1n) is 8.21. The Morgan fingerprint density at radius 1 is 1.21 bits per heavy atom. The van der Waals surface area contributed by atoms with Crippen LogP contribution in [0, 0.1) is 0 Å². The number of rotatable bonds is 3. The number of benzene rings is 1. The lowest BCUT2D eigenvalue weighted by atomic mass is 9.96. The molecule has 4 rings (SSSR count). The quantitative estimate of drug-likeness (QED) is 0.795. The van der Waals surface area contributed by atoms with Crippen LogP contribution in [-0.2, 0) is 9.53 Å². The Morgan fingerprint density at radius 3 is 2.79 bits per heavy atom. The molecule has 2 saturated heterocycles. The summed E-state index contributed by atoms with van der Waals surface area (Å²) < 4.78 is 10.6. The van der Waals surface area contributed by atoms with Gasteiger partial charge >= 0.3 is 5.97 Å². The number of carbonyl (C=O) groups is 1. The number of ether oxygens (including phenoxy) is 1. The summed E-state index contributed by atoms with van der Waals surface area (Å²) in [6, 6.07) is 7.24. The highest BCUT2D eigenvalue weighted by Crippen LogP contribution is 2.30. The van der Waals surface area contributed by atoms with Gasteiger partial charge in [0.15, 0.2) is 0 Å². The van der Waals surface area contributed by atoms with Crippen LogP contribution in [0.15, 0.2) is 28.8 Å². The zero-order valence-electron chi connectivity index (χ0n) is 13.2. The van der Waals surface area contributed by atoms with Crippen LogP contribution in [0.2, 0.25) is 5.02 Å². The van der Waals surface area contributed by atoms with Crippen molar-refractivity contribution >= 4 is 17.6 Å². The molecule has 2 aliphatic heterocycles. The SMILES string of the molecule is O=C1OCCC1N1CCCC(c2nc(-c3ccc(Cl)cc3)no2)C1. The number of likely N-dealkylation sites (tertiary alicyclic amines) is 1. The molecule has 0 spiro atoms. The molecule has 0 saturated carbocycles. The first-order chi connectivity index (χ1) is 11.7. The highest BCUT2D eigenvalue weighted by molar-refractivity contribution is 6.30. The van der Waals surface area contributed by atoms with Gasteiger partial charge in [0, 0.05) is 23.6 Å². The molecule has 3 heterocycles. The smallest absolute Gasteiger partial charge is 0.323 e. The van der Waals surface area contributed by atoms with Crippen molar-refractivity contribution in [3.05, 3.63) is 35.2 Å². The van der Waals surface area contributed by atoms with Gasteiger partial charge in [0.1, 0.15) is 6.04 Å². The van der Waals surface area contributed by atoms with Gasteiger partial charge in [-0.1, -0.05) is 16.8 Å². The fourth-order valence-corrected chi connectivity index (χ4v) is 3.55. The van der Waals surface area contributed by atoms with Crippen molar-refractivity contribution in [3.63, 3.8) is 0 Å². The summed E-state index contributed by atoms with van der Waals surface area (Å²) >= 11 is 5.91. The molecule has 2 aromatic rings. The molecule has 0 radical (unpaired) electrons. The molecule has 0 amide bonds. The Bertz CT molecular complexity index is 731. The lowest BCUT2D eigenvalue weighted by molar-refractivity contribution is -0.142. The number of esters is 1. The van der Waals surface area contributed by atoms with E-state index < -0.39 is 0 Å². The van der Waals surface area contributed by atoms with Crippen molar-refractivity contribution < 1.29 is 14.1 Å². The number of cyclic esters (lactones) is 1. The van der Waals surface area contributed by atoms with E-state index in [9.17, 15) is 4.79 Å². The van der Waals surface area contributed by atoms with Crippen LogP contribution in [0.5, 0.6) is 0 Å². The highest BCUT2D eigenvalue weighted by Gasteiger charge is 2.36. The summed E-state index contributed by atoms with van der Waals surface area (Å²) in [5, 5.41) is 4.76. The third-order valence-corrected chi connectivity index (χ3v) is 4.95. The molecular formula is C17H18ClN3O3. The number of hydrogen-bond acceptors (Lipinski definition) is 6. The van der Waals surface area contributed by atoms with E-state index in [1.165, 1.54) is 0 Å². The maximum Gasteiger partial charge on any atom is 0.323 e. The van der Waals surface area contributed by atoms with Crippen molar-refractivity contribution in [2.75, 3.05) is 19.7 Å². The molecule has 0 aliphatic carbocycles. The molecule has 7 heteroatoms. The third kappa shape index (κ3) is 3.03. The maximum atomic E-state index is 11.8. The van der Waals surface area contributed by atoms with Gasteiger partial charge in [-0.25, -0.2) is 0 Å². The highest BCUT2D eigenvalue weighted by atomic mass is 35.5. The van der Waals surface area contributed by atoms with Crippen LogP contribution in [0.3, 0.4) is 0 Å². The molecule has 0 bridgehead atoms. The van der Waals surface area contributed by atoms with Gasteiger partial charge < -0.3 is 9.26 Å². The topological polar surface area (TPSA) is 68.5 Å². The lowest BCUT2D eigenvalue weighted by Gasteiger charge is -2.33. The van der Waals surface area contributed by atoms with Crippen LogP contribution in [0.1, 0.15) is 31.1 Å². The Balaban J connectivity index is 1.49. The molecule has 1 aromatic carbocycles. The minimum Gasteiger partial charge on any atom is -0.464 e. The van der Waals surface area contributed by atoms with Crippen LogP contribution >= 0.6 is 11.6 Å². The van der Waals surface area contributed by atoms with Crippen LogP contribution in [0.25, 0.3) is 11.4 Å². The predicted octanol–water partition coefficient (Wildman–Crippen LogP) is 2.88.